The maximum absolute atomic E-state index is 12.2. The summed E-state index contributed by atoms with van der Waals surface area (Å²) in [7, 11) is 0. The number of nitrogens with one attached hydrogen (secondary N) is 1. The zero-order chi connectivity index (χ0) is 16.4. The quantitative estimate of drug-likeness (QED) is 0.651. The van der Waals surface area contributed by atoms with Gasteiger partial charge in [-0.2, -0.15) is 0 Å². The first-order valence-electron chi connectivity index (χ1n) is 7.62. The number of fused-ring (bicyclic) bond motifs is 1. The van der Waals surface area contributed by atoms with E-state index < -0.39 is 17.7 Å². The molecule has 120 valence electrons. The van der Waals surface area contributed by atoms with Crippen LogP contribution in [0, 0.1) is 0 Å². The molecule has 1 aromatic carbocycles. The molecular formula is C16H17N3O3S. The van der Waals surface area contributed by atoms with Crippen LogP contribution in [-0.2, 0) is 4.79 Å². The number of piperidine rings is 1. The van der Waals surface area contributed by atoms with Gasteiger partial charge in [0.25, 0.3) is 11.8 Å². The van der Waals surface area contributed by atoms with E-state index in [-0.39, 0.29) is 6.54 Å². The van der Waals surface area contributed by atoms with Crippen molar-refractivity contribution in [2.45, 2.75) is 19.3 Å². The number of rotatable bonds is 2. The third-order valence-corrected chi connectivity index (χ3v) is 4.43. The predicted molar refractivity (Wildman–Crippen MR) is 88.0 cm³/mol. The van der Waals surface area contributed by atoms with Crippen LogP contribution in [0.25, 0.3) is 0 Å². The summed E-state index contributed by atoms with van der Waals surface area (Å²) in [5.41, 5.74) is 0.674. The molecule has 0 spiro atoms. The first kappa shape index (κ1) is 15.6. The second-order valence-corrected chi connectivity index (χ2v) is 6.03. The summed E-state index contributed by atoms with van der Waals surface area (Å²) in [6.07, 6.45) is 3.27. The molecule has 0 bridgehead atoms. The molecule has 0 aliphatic carbocycles. The first-order chi connectivity index (χ1) is 11.1. The van der Waals surface area contributed by atoms with Gasteiger partial charge in [-0.25, -0.2) is 0 Å². The van der Waals surface area contributed by atoms with Gasteiger partial charge >= 0.3 is 0 Å². The summed E-state index contributed by atoms with van der Waals surface area (Å²) in [5, 5.41) is 2.98. The van der Waals surface area contributed by atoms with Crippen molar-refractivity contribution < 1.29 is 14.4 Å². The molecule has 1 fully saturated rings. The topological polar surface area (TPSA) is 69.7 Å². The molecule has 0 aromatic heterocycles. The molecule has 0 unspecified atom stereocenters. The lowest BCUT2D eigenvalue weighted by molar-refractivity contribution is -0.120. The highest BCUT2D eigenvalue weighted by Crippen LogP contribution is 2.21. The van der Waals surface area contributed by atoms with Crippen LogP contribution in [0.15, 0.2) is 24.3 Å². The minimum absolute atomic E-state index is 0.319. The Labute approximate surface area is 139 Å². The fourth-order valence-electron chi connectivity index (χ4n) is 2.86. The summed E-state index contributed by atoms with van der Waals surface area (Å²) >= 11 is 5.22. The molecule has 2 aliphatic heterocycles. The Morgan fingerprint density at radius 3 is 2.17 bits per heavy atom. The zero-order valence-electron chi connectivity index (χ0n) is 12.6. The van der Waals surface area contributed by atoms with Crippen LogP contribution in [0.2, 0.25) is 0 Å². The Bertz CT molecular complexity index is 648. The summed E-state index contributed by atoms with van der Waals surface area (Å²) in [6, 6.07) is 6.57. The van der Waals surface area contributed by atoms with E-state index in [0.717, 1.165) is 30.8 Å². The highest BCUT2D eigenvalue weighted by molar-refractivity contribution is 7.80. The number of hydrogen-bond donors (Lipinski definition) is 1. The van der Waals surface area contributed by atoms with Gasteiger partial charge in [0.1, 0.15) is 6.54 Å². The van der Waals surface area contributed by atoms with E-state index in [1.165, 1.54) is 6.42 Å². The van der Waals surface area contributed by atoms with Gasteiger partial charge in [0.05, 0.1) is 11.1 Å². The van der Waals surface area contributed by atoms with Crippen LogP contribution in [0.3, 0.4) is 0 Å². The Morgan fingerprint density at radius 1 is 1.04 bits per heavy atom. The minimum Gasteiger partial charge on any atom is -0.349 e. The molecule has 0 atom stereocenters. The van der Waals surface area contributed by atoms with Crippen LogP contribution in [0.5, 0.6) is 0 Å². The van der Waals surface area contributed by atoms with Crippen molar-refractivity contribution >= 4 is 35.1 Å². The van der Waals surface area contributed by atoms with Gasteiger partial charge in [0.15, 0.2) is 5.11 Å². The van der Waals surface area contributed by atoms with E-state index >= 15 is 0 Å². The van der Waals surface area contributed by atoms with E-state index in [4.69, 9.17) is 12.2 Å². The summed E-state index contributed by atoms with van der Waals surface area (Å²) in [4.78, 5) is 39.4. The molecule has 6 nitrogen and oxygen atoms in total. The van der Waals surface area contributed by atoms with Gasteiger partial charge < -0.3 is 10.2 Å². The van der Waals surface area contributed by atoms with Crippen LogP contribution in [-0.4, -0.2) is 52.3 Å². The Hall–Kier alpha value is -2.28. The number of thiocarbonyl (C=S) groups is 1. The van der Waals surface area contributed by atoms with E-state index in [9.17, 15) is 14.4 Å². The Morgan fingerprint density at radius 2 is 1.61 bits per heavy atom. The second-order valence-electron chi connectivity index (χ2n) is 5.64. The van der Waals surface area contributed by atoms with Gasteiger partial charge in [0.2, 0.25) is 5.91 Å². The van der Waals surface area contributed by atoms with Crippen molar-refractivity contribution in [3.63, 3.8) is 0 Å². The van der Waals surface area contributed by atoms with E-state index in [1.54, 1.807) is 24.3 Å². The van der Waals surface area contributed by atoms with E-state index in [1.807, 2.05) is 4.90 Å². The third kappa shape index (κ3) is 3.10. The molecule has 1 N–H and O–H groups in total. The van der Waals surface area contributed by atoms with Gasteiger partial charge in [-0.1, -0.05) is 12.1 Å². The number of carbonyl (C=O) groups is 3. The SMILES string of the molecule is O=C(CN1C(=O)c2ccccc2C1=O)NC(=S)N1CCCCC1. The number of amides is 3. The van der Waals surface area contributed by atoms with Crippen molar-refractivity contribution in [2.24, 2.45) is 0 Å². The summed E-state index contributed by atoms with van der Waals surface area (Å²) in [5.74, 6) is -1.33. The normalized spacial score (nSPS) is 17.2. The lowest BCUT2D eigenvalue weighted by Gasteiger charge is -2.29. The molecule has 2 heterocycles. The second kappa shape index (κ2) is 6.45. The lowest BCUT2D eigenvalue weighted by atomic mass is 10.1. The molecule has 0 radical (unpaired) electrons. The van der Waals surface area contributed by atoms with Gasteiger partial charge in [-0.3, -0.25) is 19.3 Å². The average molecular weight is 331 g/mol. The summed E-state index contributed by atoms with van der Waals surface area (Å²) in [6.45, 7) is 1.33. The molecule has 1 aromatic rings. The fourth-order valence-corrected chi connectivity index (χ4v) is 3.16. The average Bonchev–Trinajstić information content (AvgIpc) is 2.81. The third-order valence-electron chi connectivity index (χ3n) is 4.07. The molecular weight excluding hydrogens is 314 g/mol. The van der Waals surface area contributed by atoms with Crippen molar-refractivity contribution in [1.29, 1.82) is 0 Å². The van der Waals surface area contributed by atoms with Crippen LogP contribution in [0.4, 0.5) is 0 Å². The molecule has 0 saturated carbocycles. The summed E-state index contributed by atoms with van der Waals surface area (Å²) < 4.78 is 0. The van der Waals surface area contributed by atoms with E-state index in [2.05, 4.69) is 5.32 Å². The molecule has 3 amide bonds. The number of nitrogens with zero attached hydrogens (tertiary/aromatic N) is 2. The number of hydrogen-bond acceptors (Lipinski definition) is 4. The highest BCUT2D eigenvalue weighted by Gasteiger charge is 2.36. The molecule has 3 rings (SSSR count). The zero-order valence-corrected chi connectivity index (χ0v) is 13.4. The number of carbonyl (C=O) groups excluding carboxylic acids is 3. The first-order valence-corrected chi connectivity index (χ1v) is 8.03. The van der Waals surface area contributed by atoms with Gasteiger partial charge in [-0.05, 0) is 43.6 Å². The molecule has 1 saturated heterocycles. The Kier molecular flexibility index (Phi) is 4.38. The molecule has 7 heteroatoms. The lowest BCUT2D eigenvalue weighted by Crippen LogP contribution is -2.48. The predicted octanol–water partition coefficient (Wildman–Crippen LogP) is 1.17. The molecule has 23 heavy (non-hydrogen) atoms. The molecule has 2 aliphatic rings. The number of imide groups is 1. The maximum atomic E-state index is 12.2. The maximum Gasteiger partial charge on any atom is 0.262 e. The van der Waals surface area contributed by atoms with Crippen molar-refractivity contribution in [3.05, 3.63) is 35.4 Å². The van der Waals surface area contributed by atoms with Crippen molar-refractivity contribution in [2.75, 3.05) is 19.6 Å². The standard InChI is InChI=1S/C16H17N3O3S/c20-13(17-16(23)18-8-4-1-5-9-18)10-19-14(21)11-6-2-3-7-12(11)15(19)22/h2-3,6-7H,1,4-5,8-10H2,(H,17,20,23). The van der Waals surface area contributed by atoms with Gasteiger partial charge in [0, 0.05) is 13.1 Å². The number of benzene rings is 1. The minimum atomic E-state index is -0.449. The highest BCUT2D eigenvalue weighted by atomic mass is 32.1. The van der Waals surface area contributed by atoms with Crippen LogP contribution >= 0.6 is 12.2 Å². The fraction of sp³-hybridized carbons (Fsp3) is 0.375. The monoisotopic (exact) mass is 331 g/mol. The smallest absolute Gasteiger partial charge is 0.262 e. The van der Waals surface area contributed by atoms with E-state index in [0.29, 0.717) is 16.2 Å². The van der Waals surface area contributed by atoms with Crippen LogP contribution < -0.4 is 5.32 Å². The largest absolute Gasteiger partial charge is 0.349 e. The van der Waals surface area contributed by atoms with Crippen molar-refractivity contribution in [3.8, 4) is 0 Å². The van der Waals surface area contributed by atoms with Crippen molar-refractivity contribution in [1.82, 2.24) is 15.1 Å². The Balaban J connectivity index is 1.61. The van der Waals surface area contributed by atoms with Gasteiger partial charge in [-0.15, -0.1) is 0 Å². The number of likely N-dealkylation sites (tertiary alicyclic amines) is 1. The van der Waals surface area contributed by atoms with Crippen LogP contribution in [0.1, 0.15) is 40.0 Å².